The van der Waals surface area contributed by atoms with Gasteiger partial charge in [0.05, 0.1) is 12.6 Å². The summed E-state index contributed by atoms with van der Waals surface area (Å²) in [6.07, 6.45) is 1.65. The van der Waals surface area contributed by atoms with Crippen molar-refractivity contribution in [2.45, 2.75) is 38.5 Å². The second-order valence-electron chi connectivity index (χ2n) is 4.49. The normalized spacial score (nSPS) is 15.9. The van der Waals surface area contributed by atoms with Crippen LogP contribution < -0.4 is 5.32 Å². The Morgan fingerprint density at radius 3 is 2.12 bits per heavy atom. The summed E-state index contributed by atoms with van der Waals surface area (Å²) in [5, 5.41) is 10.5. The Morgan fingerprint density at radius 1 is 1.31 bits per heavy atom. The van der Waals surface area contributed by atoms with Crippen molar-refractivity contribution in [3.05, 3.63) is 0 Å². The number of nitrogens with one attached hydrogen (secondary N) is 1. The van der Waals surface area contributed by atoms with E-state index in [4.69, 9.17) is 5.11 Å². The van der Waals surface area contributed by atoms with Gasteiger partial charge in [-0.3, -0.25) is 4.79 Å². The third kappa shape index (κ3) is 5.46. The van der Waals surface area contributed by atoms with Gasteiger partial charge in [-0.15, -0.1) is 0 Å². The molecule has 0 radical (unpaired) electrons. The molecule has 5 nitrogen and oxygen atoms in total. The molecule has 0 aromatic rings. The Hall–Kier alpha value is -0.620. The number of hydrogen-bond donors (Lipinski definition) is 2. The van der Waals surface area contributed by atoms with E-state index in [1.807, 2.05) is 13.8 Å². The first-order valence-electron chi connectivity index (χ1n) is 5.28. The maximum atomic E-state index is 11.5. The van der Waals surface area contributed by atoms with Gasteiger partial charge in [0.1, 0.15) is 5.25 Å². The molecule has 0 bridgehead atoms. The van der Waals surface area contributed by atoms with Crippen LogP contribution in [0.4, 0.5) is 0 Å². The molecule has 16 heavy (non-hydrogen) atoms. The molecule has 0 saturated carbocycles. The summed E-state index contributed by atoms with van der Waals surface area (Å²) >= 11 is 0. The van der Waals surface area contributed by atoms with Gasteiger partial charge in [-0.1, -0.05) is 13.8 Å². The highest BCUT2D eigenvalue weighted by Crippen LogP contribution is 2.05. The molecule has 0 aliphatic heterocycles. The van der Waals surface area contributed by atoms with Crippen LogP contribution in [0, 0.1) is 5.92 Å². The van der Waals surface area contributed by atoms with Gasteiger partial charge in [-0.05, 0) is 19.3 Å². The molecule has 0 aromatic carbocycles. The number of aliphatic hydroxyl groups excluding tert-OH is 1. The van der Waals surface area contributed by atoms with Gasteiger partial charge in [0.15, 0.2) is 9.84 Å². The Morgan fingerprint density at radius 2 is 1.81 bits per heavy atom. The lowest BCUT2D eigenvalue weighted by Crippen LogP contribution is -2.45. The fourth-order valence-electron chi connectivity index (χ4n) is 1.26. The minimum Gasteiger partial charge on any atom is -0.394 e. The monoisotopic (exact) mass is 251 g/mol. The van der Waals surface area contributed by atoms with E-state index in [0.29, 0.717) is 12.3 Å². The van der Waals surface area contributed by atoms with E-state index in [9.17, 15) is 13.2 Å². The van der Waals surface area contributed by atoms with Crippen LogP contribution in [0.25, 0.3) is 0 Å². The van der Waals surface area contributed by atoms with Crippen LogP contribution in [0.5, 0.6) is 0 Å². The second-order valence-corrected chi connectivity index (χ2v) is 6.86. The van der Waals surface area contributed by atoms with Gasteiger partial charge < -0.3 is 10.4 Å². The molecular weight excluding hydrogens is 230 g/mol. The maximum Gasteiger partial charge on any atom is 0.238 e. The van der Waals surface area contributed by atoms with Crippen LogP contribution in [0.1, 0.15) is 27.2 Å². The summed E-state index contributed by atoms with van der Waals surface area (Å²) in [6.45, 7) is 5.10. The molecule has 96 valence electrons. The first kappa shape index (κ1) is 15.4. The molecule has 0 aromatic heterocycles. The van der Waals surface area contributed by atoms with E-state index in [2.05, 4.69) is 5.32 Å². The van der Waals surface area contributed by atoms with Gasteiger partial charge in [-0.25, -0.2) is 8.42 Å². The summed E-state index contributed by atoms with van der Waals surface area (Å²) in [5.41, 5.74) is 0. The third-order valence-corrected chi connectivity index (χ3v) is 3.83. The molecule has 0 saturated heterocycles. The van der Waals surface area contributed by atoms with E-state index < -0.39 is 21.0 Å². The molecule has 6 heteroatoms. The molecule has 0 heterocycles. The Balaban J connectivity index is 4.42. The summed E-state index contributed by atoms with van der Waals surface area (Å²) in [6, 6.07) is -0.378. The average Bonchev–Trinajstić information content (AvgIpc) is 2.13. The van der Waals surface area contributed by atoms with Crippen molar-refractivity contribution in [2.75, 3.05) is 12.9 Å². The van der Waals surface area contributed by atoms with Crippen molar-refractivity contribution in [2.24, 2.45) is 5.92 Å². The summed E-state index contributed by atoms with van der Waals surface area (Å²) < 4.78 is 22.3. The van der Waals surface area contributed by atoms with E-state index in [1.165, 1.54) is 6.92 Å². The smallest absolute Gasteiger partial charge is 0.238 e. The molecule has 0 rings (SSSR count). The lowest BCUT2D eigenvalue weighted by atomic mass is 10.0. The summed E-state index contributed by atoms with van der Waals surface area (Å²) in [4.78, 5) is 11.5. The number of carbonyl (C=O) groups is 1. The van der Waals surface area contributed by atoms with Crippen molar-refractivity contribution in [3.8, 4) is 0 Å². The first-order chi connectivity index (χ1) is 7.18. The Labute approximate surface area is 97.2 Å². The van der Waals surface area contributed by atoms with Crippen molar-refractivity contribution in [3.63, 3.8) is 0 Å². The number of sulfone groups is 1. The van der Waals surface area contributed by atoms with Crippen molar-refractivity contribution >= 4 is 15.7 Å². The minimum absolute atomic E-state index is 0.180. The maximum absolute atomic E-state index is 11.5. The van der Waals surface area contributed by atoms with E-state index in [-0.39, 0.29) is 12.6 Å². The van der Waals surface area contributed by atoms with Crippen LogP contribution in [-0.2, 0) is 14.6 Å². The molecule has 1 amide bonds. The summed E-state index contributed by atoms with van der Waals surface area (Å²) in [7, 11) is -3.38. The molecule has 2 unspecified atom stereocenters. The quantitative estimate of drug-likeness (QED) is 0.693. The number of carbonyl (C=O) groups excluding carboxylic acids is 1. The zero-order valence-corrected chi connectivity index (χ0v) is 11.0. The van der Waals surface area contributed by atoms with Crippen LogP contribution in [0.3, 0.4) is 0 Å². The Bertz CT molecular complexity index is 324. The van der Waals surface area contributed by atoms with Gasteiger partial charge in [-0.2, -0.15) is 0 Å². The molecular formula is C10H21NO4S. The topological polar surface area (TPSA) is 83.5 Å². The lowest BCUT2D eigenvalue weighted by Gasteiger charge is -2.20. The molecule has 2 N–H and O–H groups in total. The number of aliphatic hydroxyl groups is 1. The zero-order valence-electron chi connectivity index (χ0n) is 10.2. The van der Waals surface area contributed by atoms with E-state index in [0.717, 1.165) is 6.26 Å². The van der Waals surface area contributed by atoms with Crippen LogP contribution in [0.15, 0.2) is 0 Å². The van der Waals surface area contributed by atoms with Gasteiger partial charge in [0.2, 0.25) is 5.91 Å². The fraction of sp³-hybridized carbons (Fsp3) is 0.900. The number of amides is 1. The predicted octanol–water partition coefficient (Wildman–Crippen LogP) is -0.0573. The van der Waals surface area contributed by atoms with Gasteiger partial charge in [0, 0.05) is 6.26 Å². The second kappa shape index (κ2) is 6.20. The molecule has 0 aliphatic rings. The molecule has 2 atom stereocenters. The molecule has 0 fully saturated rings. The van der Waals surface area contributed by atoms with Crippen LogP contribution in [-0.4, -0.2) is 43.6 Å². The van der Waals surface area contributed by atoms with E-state index in [1.54, 1.807) is 0 Å². The number of rotatable bonds is 6. The predicted molar refractivity (Wildman–Crippen MR) is 62.8 cm³/mol. The van der Waals surface area contributed by atoms with Crippen LogP contribution >= 0.6 is 0 Å². The highest BCUT2D eigenvalue weighted by molar-refractivity contribution is 7.92. The lowest BCUT2D eigenvalue weighted by molar-refractivity contribution is -0.121. The molecule has 0 spiro atoms. The largest absolute Gasteiger partial charge is 0.394 e. The van der Waals surface area contributed by atoms with Crippen LogP contribution in [0.2, 0.25) is 0 Å². The molecule has 0 aliphatic carbocycles. The zero-order chi connectivity index (χ0) is 12.9. The summed E-state index contributed by atoms with van der Waals surface area (Å²) in [5.74, 6) is -0.229. The van der Waals surface area contributed by atoms with Crippen molar-refractivity contribution in [1.29, 1.82) is 0 Å². The van der Waals surface area contributed by atoms with E-state index >= 15 is 0 Å². The highest BCUT2D eigenvalue weighted by atomic mass is 32.2. The fourth-order valence-corrected chi connectivity index (χ4v) is 1.72. The minimum atomic E-state index is -3.38. The van der Waals surface area contributed by atoms with Gasteiger partial charge >= 0.3 is 0 Å². The van der Waals surface area contributed by atoms with Crippen molar-refractivity contribution in [1.82, 2.24) is 5.32 Å². The SMILES string of the molecule is CC(C)CC(CO)NC(=O)C(C)S(C)(=O)=O. The Kier molecular flexibility index (Phi) is 5.96. The third-order valence-electron chi connectivity index (χ3n) is 2.33. The van der Waals surface area contributed by atoms with Gasteiger partial charge in [0.25, 0.3) is 0 Å². The first-order valence-corrected chi connectivity index (χ1v) is 7.24. The standard InChI is InChI=1S/C10H21NO4S/c1-7(2)5-9(6-12)11-10(13)8(3)16(4,14)15/h7-9,12H,5-6H2,1-4H3,(H,11,13). The number of hydrogen-bond acceptors (Lipinski definition) is 4. The average molecular weight is 251 g/mol. The van der Waals surface area contributed by atoms with Crippen molar-refractivity contribution < 1.29 is 18.3 Å². The highest BCUT2D eigenvalue weighted by Gasteiger charge is 2.25.